The molecule has 0 atom stereocenters. The van der Waals surface area contributed by atoms with Crippen LogP contribution in [-0.4, -0.2) is 4.98 Å². The van der Waals surface area contributed by atoms with E-state index in [9.17, 15) is 0 Å². The summed E-state index contributed by atoms with van der Waals surface area (Å²) in [6, 6.07) is 6.55. The fourth-order valence-corrected chi connectivity index (χ4v) is 4.12. The van der Waals surface area contributed by atoms with Crippen LogP contribution in [0.2, 0.25) is 0 Å². The lowest BCUT2D eigenvalue weighted by Gasteiger charge is -2.34. The summed E-state index contributed by atoms with van der Waals surface area (Å²) in [6.07, 6.45) is 4.56. The number of nitrogens with two attached hydrogens (primary N) is 1. The molecule has 1 aliphatic carbocycles. The number of hydrogen-bond donors (Lipinski definition) is 1. The van der Waals surface area contributed by atoms with Crippen LogP contribution in [0.5, 0.6) is 0 Å². The van der Waals surface area contributed by atoms with Crippen LogP contribution in [0.3, 0.4) is 0 Å². The van der Waals surface area contributed by atoms with Gasteiger partial charge < -0.3 is 5.73 Å². The Kier molecular flexibility index (Phi) is 3.89. The maximum Gasteiger partial charge on any atom is 0.113 e. The van der Waals surface area contributed by atoms with E-state index in [4.69, 9.17) is 10.7 Å². The van der Waals surface area contributed by atoms with Gasteiger partial charge in [0.15, 0.2) is 0 Å². The average Bonchev–Trinajstić information content (AvgIpc) is 2.95. The van der Waals surface area contributed by atoms with Gasteiger partial charge in [0.25, 0.3) is 0 Å². The molecule has 112 valence electrons. The van der Waals surface area contributed by atoms with Gasteiger partial charge in [-0.05, 0) is 57.1 Å². The van der Waals surface area contributed by atoms with Crippen LogP contribution in [0, 0.1) is 19.8 Å². The van der Waals surface area contributed by atoms with Crippen molar-refractivity contribution in [3.05, 3.63) is 39.7 Å². The molecule has 1 heterocycles. The van der Waals surface area contributed by atoms with E-state index in [1.54, 1.807) is 11.3 Å². The van der Waals surface area contributed by atoms with Crippen LogP contribution >= 0.6 is 11.3 Å². The molecular formula is C18H24N2S. The van der Waals surface area contributed by atoms with Crippen LogP contribution in [0.1, 0.15) is 48.7 Å². The number of aromatic nitrogens is 1. The highest BCUT2D eigenvalue weighted by molar-refractivity contribution is 7.10. The summed E-state index contributed by atoms with van der Waals surface area (Å²) in [5.41, 5.74) is 11.3. The molecule has 2 aromatic rings. The molecule has 0 aliphatic heterocycles. The van der Waals surface area contributed by atoms with Gasteiger partial charge in [-0.15, -0.1) is 11.3 Å². The van der Waals surface area contributed by atoms with Crippen LogP contribution < -0.4 is 5.73 Å². The zero-order chi connectivity index (χ0) is 15.0. The fraction of sp³-hybridized carbons (Fsp3) is 0.500. The van der Waals surface area contributed by atoms with E-state index in [-0.39, 0.29) is 5.54 Å². The Balaban J connectivity index is 1.91. The molecule has 1 aromatic heterocycles. The van der Waals surface area contributed by atoms with Gasteiger partial charge in [-0.1, -0.05) is 24.6 Å². The lowest BCUT2D eigenvalue weighted by Crippen LogP contribution is -2.40. The first kappa shape index (κ1) is 14.7. The topological polar surface area (TPSA) is 38.9 Å². The molecule has 1 aromatic carbocycles. The lowest BCUT2D eigenvalue weighted by molar-refractivity contribution is 0.247. The molecule has 0 amide bonds. The van der Waals surface area contributed by atoms with Crippen molar-refractivity contribution in [3.63, 3.8) is 0 Å². The third-order valence-electron chi connectivity index (χ3n) is 4.77. The first-order chi connectivity index (χ1) is 9.98. The molecule has 0 spiro atoms. The molecule has 2 nitrogen and oxygen atoms in total. The summed E-state index contributed by atoms with van der Waals surface area (Å²) < 4.78 is 0. The number of thiazole rings is 1. The third kappa shape index (κ3) is 2.90. The van der Waals surface area contributed by atoms with Crippen molar-refractivity contribution in [1.29, 1.82) is 0 Å². The molecule has 0 saturated heterocycles. The highest BCUT2D eigenvalue weighted by atomic mass is 32.1. The second-order valence-electron chi connectivity index (χ2n) is 6.69. The van der Waals surface area contributed by atoms with Gasteiger partial charge in [0, 0.05) is 10.9 Å². The monoisotopic (exact) mass is 300 g/mol. The molecule has 0 bridgehead atoms. The minimum absolute atomic E-state index is 0.201. The zero-order valence-corrected chi connectivity index (χ0v) is 14.0. The second kappa shape index (κ2) is 5.54. The van der Waals surface area contributed by atoms with E-state index in [2.05, 4.69) is 44.4 Å². The van der Waals surface area contributed by atoms with E-state index in [1.807, 2.05) is 0 Å². The first-order valence-electron chi connectivity index (χ1n) is 7.80. The molecule has 2 N–H and O–H groups in total. The van der Waals surface area contributed by atoms with Crippen molar-refractivity contribution in [1.82, 2.24) is 4.98 Å². The molecule has 1 aliphatic rings. The third-order valence-corrected chi connectivity index (χ3v) is 5.83. The quantitative estimate of drug-likeness (QED) is 0.866. The van der Waals surface area contributed by atoms with Gasteiger partial charge >= 0.3 is 0 Å². The maximum absolute atomic E-state index is 6.65. The Morgan fingerprint density at radius 1 is 1.24 bits per heavy atom. The minimum Gasteiger partial charge on any atom is -0.319 e. The zero-order valence-electron chi connectivity index (χ0n) is 13.1. The minimum atomic E-state index is -0.201. The highest BCUT2D eigenvalue weighted by Gasteiger charge is 2.34. The Morgan fingerprint density at radius 2 is 1.95 bits per heavy atom. The van der Waals surface area contributed by atoms with E-state index >= 15 is 0 Å². The molecule has 1 saturated carbocycles. The SMILES string of the molecule is Cc1ccc(C)c(-c2csc(C3(N)CCC(C)CC3)n2)c1. The second-order valence-corrected chi connectivity index (χ2v) is 7.55. The highest BCUT2D eigenvalue weighted by Crippen LogP contribution is 2.40. The van der Waals surface area contributed by atoms with E-state index in [0.717, 1.165) is 29.5 Å². The summed E-state index contributed by atoms with van der Waals surface area (Å²) in [7, 11) is 0. The number of aryl methyl sites for hydroxylation is 2. The van der Waals surface area contributed by atoms with Gasteiger partial charge in [0.1, 0.15) is 5.01 Å². The molecule has 3 heteroatoms. The molecule has 1 fully saturated rings. The summed E-state index contributed by atoms with van der Waals surface area (Å²) >= 11 is 1.73. The Hall–Kier alpha value is -1.19. The Morgan fingerprint density at radius 3 is 2.67 bits per heavy atom. The Labute approximate surface area is 131 Å². The Bertz CT molecular complexity index is 636. The van der Waals surface area contributed by atoms with E-state index in [0.29, 0.717) is 0 Å². The normalized spacial score (nSPS) is 26.0. The van der Waals surface area contributed by atoms with Crippen LogP contribution in [0.15, 0.2) is 23.6 Å². The van der Waals surface area contributed by atoms with Crippen molar-refractivity contribution >= 4 is 11.3 Å². The van der Waals surface area contributed by atoms with Gasteiger partial charge in [-0.2, -0.15) is 0 Å². The van der Waals surface area contributed by atoms with Crippen LogP contribution in [0.4, 0.5) is 0 Å². The summed E-state index contributed by atoms with van der Waals surface area (Å²) in [5.74, 6) is 0.806. The number of rotatable bonds is 2. The standard InChI is InChI=1S/C18H24N2S/c1-12-6-8-18(19,9-7-12)17-20-16(11-21-17)15-10-13(2)4-5-14(15)3/h4-5,10-12H,6-9,19H2,1-3H3. The lowest BCUT2D eigenvalue weighted by atomic mass is 9.78. The summed E-state index contributed by atoms with van der Waals surface area (Å²) in [6.45, 7) is 6.60. The fourth-order valence-electron chi connectivity index (χ4n) is 3.13. The number of nitrogens with zero attached hydrogens (tertiary/aromatic N) is 1. The van der Waals surface area contributed by atoms with Crippen molar-refractivity contribution in [2.75, 3.05) is 0 Å². The van der Waals surface area contributed by atoms with Crippen molar-refractivity contribution < 1.29 is 0 Å². The van der Waals surface area contributed by atoms with Crippen molar-refractivity contribution in [2.45, 2.75) is 52.0 Å². The molecule has 0 unspecified atom stereocenters. The van der Waals surface area contributed by atoms with Gasteiger partial charge in [0.2, 0.25) is 0 Å². The molecule has 3 rings (SSSR count). The number of benzene rings is 1. The van der Waals surface area contributed by atoms with Crippen LogP contribution in [0.25, 0.3) is 11.3 Å². The first-order valence-corrected chi connectivity index (χ1v) is 8.68. The summed E-state index contributed by atoms with van der Waals surface area (Å²) in [5, 5.41) is 3.29. The summed E-state index contributed by atoms with van der Waals surface area (Å²) in [4.78, 5) is 4.90. The van der Waals surface area contributed by atoms with Crippen molar-refractivity contribution in [2.24, 2.45) is 11.7 Å². The number of hydrogen-bond acceptors (Lipinski definition) is 3. The van der Waals surface area contributed by atoms with Crippen molar-refractivity contribution in [3.8, 4) is 11.3 Å². The maximum atomic E-state index is 6.65. The van der Waals surface area contributed by atoms with E-state index < -0.39 is 0 Å². The molecule has 21 heavy (non-hydrogen) atoms. The largest absolute Gasteiger partial charge is 0.319 e. The van der Waals surface area contributed by atoms with Gasteiger partial charge in [0.05, 0.1) is 11.2 Å². The molecular weight excluding hydrogens is 276 g/mol. The van der Waals surface area contributed by atoms with Gasteiger partial charge in [-0.3, -0.25) is 0 Å². The molecule has 0 radical (unpaired) electrons. The predicted molar refractivity (Wildman–Crippen MR) is 90.5 cm³/mol. The van der Waals surface area contributed by atoms with E-state index in [1.165, 1.54) is 29.5 Å². The smallest absolute Gasteiger partial charge is 0.113 e. The van der Waals surface area contributed by atoms with Gasteiger partial charge in [-0.25, -0.2) is 4.98 Å². The average molecular weight is 300 g/mol. The van der Waals surface area contributed by atoms with Crippen LogP contribution in [-0.2, 0) is 5.54 Å². The predicted octanol–water partition coefficient (Wildman–Crippen LogP) is 4.79.